The van der Waals surface area contributed by atoms with E-state index in [0.29, 0.717) is 19.7 Å². The van der Waals surface area contributed by atoms with Crippen LogP contribution in [0.4, 0.5) is 0 Å². The second kappa shape index (κ2) is 6.16. The van der Waals surface area contributed by atoms with Gasteiger partial charge in [0.05, 0.1) is 25.6 Å². The molecule has 0 aliphatic carbocycles. The molecule has 1 saturated heterocycles. The first-order valence-corrected chi connectivity index (χ1v) is 6.19. The molecule has 106 valence electrons. The van der Waals surface area contributed by atoms with Crippen molar-refractivity contribution in [2.75, 3.05) is 19.8 Å². The fourth-order valence-electron chi connectivity index (χ4n) is 2.15. The smallest absolute Gasteiger partial charge is 0.301 e. The first-order chi connectivity index (χ1) is 9.15. The van der Waals surface area contributed by atoms with Gasteiger partial charge in [-0.3, -0.25) is 15.1 Å². The molecule has 2 rings (SSSR count). The lowest BCUT2D eigenvalue weighted by molar-refractivity contribution is -0.0806. The van der Waals surface area contributed by atoms with Crippen LogP contribution in [0.15, 0.2) is 16.7 Å². The zero-order chi connectivity index (χ0) is 13.8. The number of furan rings is 1. The van der Waals surface area contributed by atoms with Gasteiger partial charge in [-0.1, -0.05) is 0 Å². The summed E-state index contributed by atoms with van der Waals surface area (Å²) in [6.45, 7) is 3.76. The monoisotopic (exact) mass is 269 g/mol. The zero-order valence-electron chi connectivity index (χ0n) is 10.8. The van der Waals surface area contributed by atoms with Gasteiger partial charge in [0.2, 0.25) is 0 Å². The summed E-state index contributed by atoms with van der Waals surface area (Å²) in [4.78, 5) is 13.7. The van der Waals surface area contributed by atoms with Crippen LogP contribution >= 0.6 is 0 Å². The van der Waals surface area contributed by atoms with Crippen molar-refractivity contribution >= 4 is 5.91 Å². The molecule has 2 atom stereocenters. The average molecular weight is 269 g/mol. The maximum atomic E-state index is 11.5. The van der Waals surface area contributed by atoms with E-state index in [9.17, 15) is 4.79 Å². The summed E-state index contributed by atoms with van der Waals surface area (Å²) in [6.07, 6.45) is 1.28. The van der Waals surface area contributed by atoms with Crippen molar-refractivity contribution in [3.05, 3.63) is 23.7 Å². The van der Waals surface area contributed by atoms with Crippen LogP contribution in [-0.2, 0) is 11.3 Å². The third-order valence-corrected chi connectivity index (χ3v) is 3.30. The van der Waals surface area contributed by atoms with Gasteiger partial charge in [-0.15, -0.1) is 0 Å². The number of hydrogen-bond donors (Lipinski definition) is 3. The van der Waals surface area contributed by atoms with Crippen molar-refractivity contribution in [2.24, 2.45) is 5.84 Å². The molecular formula is C12H19N3O4. The minimum Gasteiger partial charge on any atom is -0.459 e. The Bertz CT molecular complexity index is 434. The van der Waals surface area contributed by atoms with Crippen molar-refractivity contribution in [1.82, 2.24) is 10.3 Å². The third kappa shape index (κ3) is 3.13. The molecule has 1 fully saturated rings. The predicted molar refractivity (Wildman–Crippen MR) is 67.1 cm³/mol. The Balaban J connectivity index is 2.07. The number of nitrogen functional groups attached to an aromatic ring is 1. The van der Waals surface area contributed by atoms with Crippen LogP contribution in [0.25, 0.3) is 0 Å². The van der Waals surface area contributed by atoms with Crippen molar-refractivity contribution in [2.45, 2.75) is 25.6 Å². The van der Waals surface area contributed by atoms with E-state index in [2.05, 4.69) is 10.3 Å². The Morgan fingerprint density at radius 2 is 2.47 bits per heavy atom. The molecular weight excluding hydrogens is 250 g/mol. The van der Waals surface area contributed by atoms with Crippen molar-refractivity contribution in [1.29, 1.82) is 0 Å². The maximum Gasteiger partial charge on any atom is 0.301 e. The summed E-state index contributed by atoms with van der Waals surface area (Å²) in [5, 5.41) is 9.15. The molecule has 1 aromatic heterocycles. The highest BCUT2D eigenvalue weighted by Crippen LogP contribution is 2.18. The van der Waals surface area contributed by atoms with Crippen molar-refractivity contribution in [3.63, 3.8) is 0 Å². The summed E-state index contributed by atoms with van der Waals surface area (Å²) in [7, 11) is 0. The predicted octanol–water partition coefficient (Wildman–Crippen LogP) is -0.535. The summed E-state index contributed by atoms with van der Waals surface area (Å²) in [5.41, 5.74) is 2.83. The Kier molecular flexibility index (Phi) is 4.54. The first kappa shape index (κ1) is 14.0. The third-order valence-electron chi connectivity index (χ3n) is 3.30. The fraction of sp³-hybridized carbons (Fsp3) is 0.583. The Labute approximate surface area is 111 Å². The van der Waals surface area contributed by atoms with Crippen molar-refractivity contribution in [3.8, 4) is 0 Å². The molecule has 0 radical (unpaired) electrons. The quantitative estimate of drug-likeness (QED) is 0.386. The number of ether oxygens (including phenoxy) is 1. The van der Waals surface area contributed by atoms with Crippen LogP contribution in [0.1, 0.15) is 23.0 Å². The van der Waals surface area contributed by atoms with E-state index in [4.69, 9.17) is 20.1 Å². The van der Waals surface area contributed by atoms with Crippen LogP contribution in [0.5, 0.6) is 0 Å². The van der Waals surface area contributed by atoms with Crippen molar-refractivity contribution < 1.29 is 19.1 Å². The molecule has 1 aliphatic rings. The molecule has 7 nitrogen and oxygen atoms in total. The van der Waals surface area contributed by atoms with Gasteiger partial charge in [0.25, 0.3) is 0 Å². The van der Waals surface area contributed by atoms with Crippen LogP contribution < -0.4 is 11.3 Å². The molecule has 19 heavy (non-hydrogen) atoms. The topological polar surface area (TPSA) is 101 Å². The minimum absolute atomic E-state index is 0.00918. The lowest BCUT2D eigenvalue weighted by atomic mass is 10.1. The number of carbonyl (C=O) groups excluding carboxylic acids is 1. The van der Waals surface area contributed by atoms with Gasteiger partial charge in [0.1, 0.15) is 0 Å². The lowest BCUT2D eigenvalue weighted by Gasteiger charge is -2.37. The van der Waals surface area contributed by atoms with E-state index in [1.165, 1.54) is 6.26 Å². The highest BCUT2D eigenvalue weighted by atomic mass is 16.5. The van der Waals surface area contributed by atoms with Gasteiger partial charge in [-0.25, -0.2) is 5.84 Å². The number of nitrogens with two attached hydrogens (primary N) is 1. The maximum absolute atomic E-state index is 11.5. The van der Waals surface area contributed by atoms with E-state index in [1.807, 2.05) is 6.92 Å². The molecule has 2 unspecified atom stereocenters. The van der Waals surface area contributed by atoms with E-state index in [1.54, 1.807) is 6.07 Å². The molecule has 7 heteroatoms. The van der Waals surface area contributed by atoms with Crippen LogP contribution in [0, 0.1) is 0 Å². The first-order valence-electron chi connectivity index (χ1n) is 6.19. The number of aliphatic hydroxyl groups is 1. The molecule has 0 spiro atoms. The number of carbonyl (C=O) groups is 1. The van der Waals surface area contributed by atoms with Crippen LogP contribution in [-0.4, -0.2) is 47.8 Å². The Morgan fingerprint density at radius 1 is 1.68 bits per heavy atom. The normalized spacial score (nSPS) is 24.4. The second-order valence-corrected chi connectivity index (χ2v) is 4.66. The van der Waals surface area contributed by atoms with Crippen LogP contribution in [0.2, 0.25) is 0 Å². The van der Waals surface area contributed by atoms with Gasteiger partial charge in [0, 0.05) is 24.7 Å². The fourth-order valence-corrected chi connectivity index (χ4v) is 2.15. The zero-order valence-corrected chi connectivity index (χ0v) is 10.8. The summed E-state index contributed by atoms with van der Waals surface area (Å²) in [5.74, 6) is 4.89. The number of hydrogen-bond acceptors (Lipinski definition) is 6. The van der Waals surface area contributed by atoms with Gasteiger partial charge in [0.15, 0.2) is 5.76 Å². The average Bonchev–Trinajstić information content (AvgIpc) is 2.88. The van der Waals surface area contributed by atoms with Crippen LogP contribution in [0.3, 0.4) is 0 Å². The number of amides is 1. The molecule has 2 heterocycles. The largest absolute Gasteiger partial charge is 0.459 e. The Hall–Kier alpha value is -1.41. The van der Waals surface area contributed by atoms with Gasteiger partial charge >= 0.3 is 5.91 Å². The molecule has 0 aromatic carbocycles. The van der Waals surface area contributed by atoms with E-state index < -0.39 is 5.91 Å². The number of nitrogens with zero attached hydrogens (tertiary/aromatic N) is 1. The number of aliphatic hydroxyl groups excluding tert-OH is 1. The molecule has 1 aromatic rings. The Morgan fingerprint density at radius 3 is 3.16 bits per heavy atom. The molecule has 1 amide bonds. The van der Waals surface area contributed by atoms with E-state index in [0.717, 1.165) is 5.56 Å². The number of morpholine rings is 1. The number of rotatable bonds is 4. The molecule has 4 N–H and O–H groups in total. The number of hydrazine groups is 1. The highest BCUT2D eigenvalue weighted by Gasteiger charge is 2.27. The van der Waals surface area contributed by atoms with E-state index >= 15 is 0 Å². The second-order valence-electron chi connectivity index (χ2n) is 4.66. The number of nitrogens with one attached hydrogen (secondary N) is 1. The SMILES string of the molecule is CC1COC(CO)CN1Cc1ccoc1C(=O)NN. The van der Waals surface area contributed by atoms with Gasteiger partial charge < -0.3 is 14.3 Å². The standard InChI is InChI=1S/C12H19N3O4/c1-8-7-19-10(6-16)5-15(8)4-9-2-3-18-11(9)12(17)14-13/h2-3,8,10,16H,4-7,13H2,1H3,(H,14,17). The van der Waals surface area contributed by atoms with Gasteiger partial charge in [-0.05, 0) is 13.0 Å². The van der Waals surface area contributed by atoms with E-state index in [-0.39, 0.29) is 24.5 Å². The van der Waals surface area contributed by atoms with Gasteiger partial charge in [-0.2, -0.15) is 0 Å². The summed E-state index contributed by atoms with van der Waals surface area (Å²) < 4.78 is 10.6. The summed E-state index contributed by atoms with van der Waals surface area (Å²) in [6, 6.07) is 1.97. The molecule has 0 saturated carbocycles. The minimum atomic E-state index is -0.445. The molecule has 1 aliphatic heterocycles. The summed E-state index contributed by atoms with van der Waals surface area (Å²) >= 11 is 0. The highest BCUT2D eigenvalue weighted by molar-refractivity contribution is 5.92. The molecule has 0 bridgehead atoms. The lowest BCUT2D eigenvalue weighted by Crippen LogP contribution is -2.49.